The lowest BCUT2D eigenvalue weighted by Crippen LogP contribution is -2.41. The monoisotopic (exact) mass is 248 g/mol. The van der Waals surface area contributed by atoms with Gasteiger partial charge in [-0.1, -0.05) is 25.0 Å². The summed E-state index contributed by atoms with van der Waals surface area (Å²) in [7, 11) is 0. The van der Waals surface area contributed by atoms with E-state index in [9.17, 15) is 9.90 Å². The van der Waals surface area contributed by atoms with E-state index in [0.29, 0.717) is 12.1 Å². The van der Waals surface area contributed by atoms with Gasteiger partial charge < -0.3 is 16.2 Å². The van der Waals surface area contributed by atoms with E-state index in [-0.39, 0.29) is 12.1 Å². The molecule has 98 valence electrons. The lowest BCUT2D eigenvalue weighted by atomic mass is 9.92. The van der Waals surface area contributed by atoms with Crippen LogP contribution < -0.4 is 11.1 Å². The van der Waals surface area contributed by atoms with E-state index >= 15 is 0 Å². The summed E-state index contributed by atoms with van der Waals surface area (Å²) < 4.78 is 0. The molecule has 0 bridgehead atoms. The molecule has 1 aliphatic carbocycles. The molecule has 4 nitrogen and oxygen atoms in total. The Kier molecular flexibility index (Phi) is 4.33. The number of primary amides is 1. The molecule has 0 radical (unpaired) electrons. The Labute approximate surface area is 107 Å². The van der Waals surface area contributed by atoms with Crippen molar-refractivity contribution in [1.29, 1.82) is 0 Å². The maximum absolute atomic E-state index is 11.1. The van der Waals surface area contributed by atoms with Crippen LogP contribution in [-0.2, 0) is 6.54 Å². The van der Waals surface area contributed by atoms with Gasteiger partial charge >= 0.3 is 0 Å². The summed E-state index contributed by atoms with van der Waals surface area (Å²) >= 11 is 0. The van der Waals surface area contributed by atoms with Crippen LogP contribution in [-0.4, -0.2) is 23.2 Å². The quantitative estimate of drug-likeness (QED) is 0.749. The lowest BCUT2D eigenvalue weighted by Gasteiger charge is -2.28. The van der Waals surface area contributed by atoms with Gasteiger partial charge in [0.25, 0.3) is 0 Å². The number of hydrogen-bond acceptors (Lipinski definition) is 3. The number of amides is 1. The Morgan fingerprint density at radius 1 is 1.39 bits per heavy atom. The maximum Gasteiger partial charge on any atom is 0.248 e. The summed E-state index contributed by atoms with van der Waals surface area (Å²) in [6.45, 7) is 0.656. The minimum absolute atomic E-state index is 0.163. The van der Waals surface area contributed by atoms with E-state index in [1.165, 1.54) is 0 Å². The Balaban J connectivity index is 1.93. The van der Waals surface area contributed by atoms with Crippen molar-refractivity contribution in [2.24, 2.45) is 5.73 Å². The third-order valence-corrected chi connectivity index (χ3v) is 3.51. The van der Waals surface area contributed by atoms with Crippen molar-refractivity contribution >= 4 is 5.91 Å². The van der Waals surface area contributed by atoms with E-state index in [1.54, 1.807) is 12.1 Å². The minimum Gasteiger partial charge on any atom is -0.392 e. The number of hydrogen-bond donors (Lipinski definition) is 3. The highest BCUT2D eigenvalue weighted by atomic mass is 16.3. The molecule has 1 saturated carbocycles. The van der Waals surface area contributed by atoms with Crippen LogP contribution in [0, 0.1) is 0 Å². The molecular formula is C14H20N2O2. The SMILES string of the molecule is NC(=O)c1cccc(CN[C@H]2CCCC[C@H]2O)c1. The van der Waals surface area contributed by atoms with Crippen LogP contribution in [0.15, 0.2) is 24.3 Å². The van der Waals surface area contributed by atoms with Crippen LogP contribution in [0.25, 0.3) is 0 Å². The van der Waals surface area contributed by atoms with Crippen molar-refractivity contribution in [3.63, 3.8) is 0 Å². The molecule has 18 heavy (non-hydrogen) atoms. The number of nitrogens with two attached hydrogens (primary N) is 1. The summed E-state index contributed by atoms with van der Waals surface area (Å²) in [6.07, 6.45) is 3.90. The molecule has 1 amide bonds. The number of aliphatic hydroxyl groups is 1. The van der Waals surface area contributed by atoms with Gasteiger partial charge in [-0.15, -0.1) is 0 Å². The van der Waals surface area contributed by atoms with Gasteiger partial charge in [-0.3, -0.25) is 4.79 Å². The summed E-state index contributed by atoms with van der Waals surface area (Å²) in [5.41, 5.74) is 6.79. The molecule has 2 atom stereocenters. The third-order valence-electron chi connectivity index (χ3n) is 3.51. The molecule has 0 aromatic heterocycles. The number of benzene rings is 1. The first-order valence-electron chi connectivity index (χ1n) is 6.47. The van der Waals surface area contributed by atoms with Crippen LogP contribution in [0.5, 0.6) is 0 Å². The Morgan fingerprint density at radius 3 is 2.89 bits per heavy atom. The predicted molar refractivity (Wildman–Crippen MR) is 70.1 cm³/mol. The lowest BCUT2D eigenvalue weighted by molar-refractivity contribution is 0.0902. The van der Waals surface area contributed by atoms with Crippen LogP contribution in [0.3, 0.4) is 0 Å². The van der Waals surface area contributed by atoms with Gasteiger partial charge in [0, 0.05) is 18.2 Å². The Bertz CT molecular complexity index is 420. The fourth-order valence-electron chi connectivity index (χ4n) is 2.43. The summed E-state index contributed by atoms with van der Waals surface area (Å²) in [6, 6.07) is 7.45. The Morgan fingerprint density at radius 2 is 2.17 bits per heavy atom. The van der Waals surface area contributed by atoms with Crippen molar-refractivity contribution in [2.45, 2.75) is 44.4 Å². The zero-order valence-corrected chi connectivity index (χ0v) is 10.4. The van der Waals surface area contributed by atoms with Gasteiger partial charge in [-0.25, -0.2) is 0 Å². The van der Waals surface area contributed by atoms with Crippen molar-refractivity contribution < 1.29 is 9.90 Å². The van der Waals surface area contributed by atoms with Crippen LogP contribution >= 0.6 is 0 Å². The first kappa shape index (κ1) is 13.1. The highest BCUT2D eigenvalue weighted by Gasteiger charge is 2.22. The summed E-state index contributed by atoms with van der Waals surface area (Å²) in [5, 5.41) is 13.2. The molecular weight excluding hydrogens is 228 g/mol. The Hall–Kier alpha value is -1.39. The largest absolute Gasteiger partial charge is 0.392 e. The van der Waals surface area contributed by atoms with Gasteiger partial charge in [0.1, 0.15) is 0 Å². The molecule has 4 N–H and O–H groups in total. The van der Waals surface area contributed by atoms with Gasteiger partial charge in [0.2, 0.25) is 5.91 Å². The zero-order chi connectivity index (χ0) is 13.0. The summed E-state index contributed by atoms with van der Waals surface area (Å²) in [4.78, 5) is 11.1. The molecule has 0 spiro atoms. The zero-order valence-electron chi connectivity index (χ0n) is 10.4. The van der Waals surface area contributed by atoms with E-state index in [4.69, 9.17) is 5.73 Å². The summed E-state index contributed by atoms with van der Waals surface area (Å²) in [5.74, 6) is -0.408. The third kappa shape index (κ3) is 3.31. The number of nitrogens with one attached hydrogen (secondary N) is 1. The van der Waals surface area contributed by atoms with Crippen molar-refractivity contribution in [3.05, 3.63) is 35.4 Å². The van der Waals surface area contributed by atoms with Crippen molar-refractivity contribution in [1.82, 2.24) is 5.32 Å². The van der Waals surface area contributed by atoms with Crippen LogP contribution in [0.4, 0.5) is 0 Å². The maximum atomic E-state index is 11.1. The standard InChI is InChI=1S/C14H20N2O2/c15-14(18)11-5-3-4-10(8-11)9-16-12-6-1-2-7-13(12)17/h3-5,8,12-13,16-17H,1-2,6-7,9H2,(H2,15,18)/t12-,13+/m0/s1. The van der Waals surface area contributed by atoms with Gasteiger partial charge in [0.05, 0.1) is 6.10 Å². The molecule has 0 heterocycles. The van der Waals surface area contributed by atoms with Gasteiger partial charge in [0.15, 0.2) is 0 Å². The van der Waals surface area contributed by atoms with Crippen LogP contribution in [0.1, 0.15) is 41.6 Å². The number of carbonyl (C=O) groups excluding carboxylic acids is 1. The predicted octanol–water partition coefficient (Wildman–Crippen LogP) is 1.18. The molecule has 1 aromatic carbocycles. The molecule has 0 unspecified atom stereocenters. The molecule has 0 aliphatic heterocycles. The highest BCUT2D eigenvalue weighted by Crippen LogP contribution is 2.18. The van der Waals surface area contributed by atoms with E-state index in [1.807, 2.05) is 12.1 Å². The number of carbonyl (C=O) groups is 1. The average molecular weight is 248 g/mol. The second-order valence-electron chi connectivity index (χ2n) is 4.90. The molecule has 1 aromatic rings. The molecule has 1 aliphatic rings. The molecule has 2 rings (SSSR count). The molecule has 4 heteroatoms. The van der Waals surface area contributed by atoms with Gasteiger partial charge in [-0.2, -0.15) is 0 Å². The number of aliphatic hydroxyl groups excluding tert-OH is 1. The fourth-order valence-corrected chi connectivity index (χ4v) is 2.43. The normalized spacial score (nSPS) is 23.8. The topological polar surface area (TPSA) is 75.4 Å². The first-order chi connectivity index (χ1) is 8.66. The minimum atomic E-state index is -0.408. The second-order valence-corrected chi connectivity index (χ2v) is 4.90. The second kappa shape index (κ2) is 5.98. The van der Waals surface area contributed by atoms with Crippen molar-refractivity contribution in [2.75, 3.05) is 0 Å². The fraction of sp³-hybridized carbons (Fsp3) is 0.500. The smallest absolute Gasteiger partial charge is 0.248 e. The highest BCUT2D eigenvalue weighted by molar-refractivity contribution is 5.92. The first-order valence-corrected chi connectivity index (χ1v) is 6.47. The van der Waals surface area contributed by atoms with Crippen molar-refractivity contribution in [3.8, 4) is 0 Å². The van der Waals surface area contributed by atoms with E-state index in [0.717, 1.165) is 31.2 Å². The average Bonchev–Trinajstić information content (AvgIpc) is 2.38. The molecule has 0 saturated heterocycles. The molecule has 1 fully saturated rings. The van der Waals surface area contributed by atoms with Crippen LogP contribution in [0.2, 0.25) is 0 Å². The number of rotatable bonds is 4. The van der Waals surface area contributed by atoms with Gasteiger partial charge in [-0.05, 0) is 30.5 Å². The van der Waals surface area contributed by atoms with E-state index in [2.05, 4.69) is 5.32 Å². The van der Waals surface area contributed by atoms with E-state index < -0.39 is 5.91 Å².